The molecule has 0 heterocycles. The number of halogens is 1. The van der Waals surface area contributed by atoms with Crippen LogP contribution in [0.15, 0.2) is 24.3 Å². The summed E-state index contributed by atoms with van der Waals surface area (Å²) in [5, 5.41) is 9.01. The number of benzene rings is 1. The van der Waals surface area contributed by atoms with Gasteiger partial charge in [0.05, 0.1) is 11.9 Å². The topological polar surface area (TPSA) is 46.5 Å². The van der Waals surface area contributed by atoms with Crippen LogP contribution in [0.25, 0.3) is 0 Å². The van der Waals surface area contributed by atoms with Gasteiger partial charge in [0.2, 0.25) is 0 Å². The maximum Gasteiger partial charge on any atom is 0.316 e. The van der Waals surface area contributed by atoms with Gasteiger partial charge in [-0.15, -0.1) is 11.8 Å². The van der Waals surface area contributed by atoms with Gasteiger partial charge < -0.3 is 9.84 Å². The largest absolute Gasteiger partial charge is 0.494 e. The van der Waals surface area contributed by atoms with Gasteiger partial charge in [-0.3, -0.25) is 4.79 Å². The third-order valence-electron chi connectivity index (χ3n) is 2.09. The van der Waals surface area contributed by atoms with Gasteiger partial charge in [0.1, 0.15) is 5.75 Å². The van der Waals surface area contributed by atoms with E-state index in [1.165, 1.54) is 11.8 Å². The summed E-state index contributed by atoms with van der Waals surface area (Å²) in [5.41, 5.74) is 0. The monoisotopic (exact) mass is 274 g/mol. The first-order valence-corrected chi connectivity index (χ1v) is 6.75. The van der Waals surface area contributed by atoms with Gasteiger partial charge in [-0.2, -0.15) is 0 Å². The van der Waals surface area contributed by atoms with Crippen LogP contribution in [0.1, 0.15) is 13.3 Å². The molecule has 0 amide bonds. The maximum atomic E-state index is 10.6. The summed E-state index contributed by atoms with van der Waals surface area (Å²) in [7, 11) is 0. The van der Waals surface area contributed by atoms with Crippen molar-refractivity contribution in [1.82, 2.24) is 0 Å². The van der Waals surface area contributed by atoms with Crippen molar-refractivity contribution in [2.75, 3.05) is 12.4 Å². The average Bonchev–Trinajstić information content (AvgIpc) is 2.30. The number of aliphatic carboxylic acids is 1. The van der Waals surface area contributed by atoms with Gasteiger partial charge in [-0.05, 0) is 43.4 Å². The van der Waals surface area contributed by atoms with E-state index < -0.39 is 5.97 Å². The highest BCUT2D eigenvalue weighted by molar-refractivity contribution is 8.00. The fourth-order valence-corrected chi connectivity index (χ4v) is 2.02. The minimum Gasteiger partial charge on any atom is -0.494 e. The maximum absolute atomic E-state index is 10.6. The predicted molar refractivity (Wildman–Crippen MR) is 71.1 cm³/mol. The lowest BCUT2D eigenvalue weighted by Crippen LogP contribution is -2.12. The molecule has 1 aromatic carbocycles. The molecule has 0 saturated carbocycles. The molecular weight excluding hydrogens is 260 g/mol. The third-order valence-corrected chi connectivity index (χ3v) is 3.56. The number of carboxylic acid groups (broad SMARTS) is 1. The van der Waals surface area contributed by atoms with E-state index in [2.05, 4.69) is 0 Å². The second kappa shape index (κ2) is 7.45. The predicted octanol–water partition coefficient (Wildman–Crippen LogP) is 3.32. The van der Waals surface area contributed by atoms with Crippen molar-refractivity contribution in [3.63, 3.8) is 0 Å². The number of carbonyl (C=O) groups is 1. The Morgan fingerprint density at radius 3 is 2.71 bits per heavy atom. The quantitative estimate of drug-likeness (QED) is 0.775. The van der Waals surface area contributed by atoms with E-state index in [4.69, 9.17) is 21.4 Å². The number of thioether (sulfide) groups is 1. The molecule has 17 heavy (non-hydrogen) atoms. The molecule has 0 aliphatic heterocycles. The lowest BCUT2D eigenvalue weighted by Gasteiger charge is -2.07. The van der Waals surface area contributed by atoms with E-state index in [9.17, 15) is 4.79 Å². The molecule has 5 heteroatoms. The van der Waals surface area contributed by atoms with E-state index in [1.807, 2.05) is 12.1 Å². The molecule has 1 rings (SSSR count). The fourth-order valence-electron chi connectivity index (χ4n) is 1.11. The Morgan fingerprint density at radius 2 is 2.12 bits per heavy atom. The molecule has 0 bridgehead atoms. The van der Waals surface area contributed by atoms with Crippen LogP contribution < -0.4 is 4.74 Å². The van der Waals surface area contributed by atoms with Crippen LogP contribution in [0.4, 0.5) is 0 Å². The van der Waals surface area contributed by atoms with Gasteiger partial charge >= 0.3 is 5.97 Å². The standard InChI is InChI=1S/C12H15ClO3S/c1-9(12(14)15)17-8-2-7-16-11-5-3-10(13)4-6-11/h3-6,9H,2,7-8H2,1H3,(H,14,15). The number of carboxylic acids is 1. The lowest BCUT2D eigenvalue weighted by molar-refractivity contribution is -0.136. The Bertz CT molecular complexity index is 353. The second-order valence-corrected chi connectivity index (χ2v) is 5.39. The number of ether oxygens (including phenoxy) is 1. The summed E-state index contributed by atoms with van der Waals surface area (Å²) in [6, 6.07) is 7.18. The van der Waals surface area contributed by atoms with Crippen LogP contribution in [0.2, 0.25) is 5.02 Å². The van der Waals surface area contributed by atoms with Crippen LogP contribution in [-0.4, -0.2) is 28.7 Å². The SMILES string of the molecule is CC(SCCCOc1ccc(Cl)cc1)C(=O)O. The molecular formula is C12H15ClO3S. The fraction of sp³-hybridized carbons (Fsp3) is 0.417. The molecule has 1 atom stereocenters. The van der Waals surface area contributed by atoms with Crippen molar-refractivity contribution in [3.05, 3.63) is 29.3 Å². The molecule has 0 aliphatic carbocycles. The number of hydrogen-bond acceptors (Lipinski definition) is 3. The Balaban J connectivity index is 2.12. The molecule has 1 N–H and O–H groups in total. The van der Waals surface area contributed by atoms with Crippen LogP contribution >= 0.6 is 23.4 Å². The molecule has 0 saturated heterocycles. The van der Waals surface area contributed by atoms with Crippen molar-refractivity contribution in [3.8, 4) is 5.75 Å². The van der Waals surface area contributed by atoms with Crippen molar-refractivity contribution in [1.29, 1.82) is 0 Å². The van der Waals surface area contributed by atoms with Crippen molar-refractivity contribution >= 4 is 29.3 Å². The third kappa shape index (κ3) is 5.84. The normalized spacial score (nSPS) is 12.1. The number of rotatable bonds is 7. The van der Waals surface area contributed by atoms with E-state index >= 15 is 0 Å². The zero-order chi connectivity index (χ0) is 12.7. The second-order valence-electron chi connectivity index (χ2n) is 3.51. The van der Waals surface area contributed by atoms with Crippen molar-refractivity contribution in [2.24, 2.45) is 0 Å². The van der Waals surface area contributed by atoms with Gasteiger partial charge in [-0.25, -0.2) is 0 Å². The van der Waals surface area contributed by atoms with Crippen LogP contribution in [0, 0.1) is 0 Å². The molecule has 0 aliphatic rings. The summed E-state index contributed by atoms with van der Waals surface area (Å²) in [4.78, 5) is 10.6. The molecule has 1 unspecified atom stereocenters. The van der Waals surface area contributed by atoms with Gasteiger partial charge in [0.25, 0.3) is 0 Å². The molecule has 94 valence electrons. The highest BCUT2D eigenvalue weighted by Crippen LogP contribution is 2.16. The average molecular weight is 275 g/mol. The number of hydrogen-bond donors (Lipinski definition) is 1. The summed E-state index contributed by atoms with van der Waals surface area (Å²) in [6.45, 7) is 2.27. The minimum atomic E-state index is -0.770. The summed E-state index contributed by atoms with van der Waals surface area (Å²) >= 11 is 7.17. The Kier molecular flexibility index (Phi) is 6.22. The highest BCUT2D eigenvalue weighted by Gasteiger charge is 2.09. The summed E-state index contributed by atoms with van der Waals surface area (Å²) in [6.07, 6.45) is 0.824. The van der Waals surface area contributed by atoms with E-state index in [0.29, 0.717) is 11.6 Å². The van der Waals surface area contributed by atoms with E-state index in [1.54, 1.807) is 19.1 Å². The van der Waals surface area contributed by atoms with E-state index in [0.717, 1.165) is 17.9 Å². The summed E-state index contributed by atoms with van der Waals surface area (Å²) < 4.78 is 5.48. The highest BCUT2D eigenvalue weighted by atomic mass is 35.5. The smallest absolute Gasteiger partial charge is 0.316 e. The zero-order valence-corrected chi connectivity index (χ0v) is 11.1. The Labute approximate surface area is 110 Å². The van der Waals surface area contributed by atoms with Crippen molar-refractivity contribution < 1.29 is 14.6 Å². The van der Waals surface area contributed by atoms with Crippen LogP contribution in [0.3, 0.4) is 0 Å². The van der Waals surface area contributed by atoms with Crippen molar-refractivity contribution in [2.45, 2.75) is 18.6 Å². The van der Waals surface area contributed by atoms with Crippen LogP contribution in [-0.2, 0) is 4.79 Å². The Hall–Kier alpha value is -0.870. The molecule has 1 aromatic rings. The van der Waals surface area contributed by atoms with Gasteiger partial charge in [0.15, 0.2) is 0 Å². The molecule has 0 spiro atoms. The molecule has 0 aromatic heterocycles. The Morgan fingerprint density at radius 1 is 1.47 bits per heavy atom. The molecule has 3 nitrogen and oxygen atoms in total. The van der Waals surface area contributed by atoms with Crippen LogP contribution in [0.5, 0.6) is 5.75 Å². The molecule has 0 fully saturated rings. The van der Waals surface area contributed by atoms with Gasteiger partial charge in [0, 0.05) is 5.02 Å². The first-order chi connectivity index (χ1) is 8.09. The summed E-state index contributed by atoms with van der Waals surface area (Å²) in [5.74, 6) is 0.792. The lowest BCUT2D eigenvalue weighted by atomic mass is 10.3. The van der Waals surface area contributed by atoms with E-state index in [-0.39, 0.29) is 5.25 Å². The zero-order valence-electron chi connectivity index (χ0n) is 9.56. The molecule has 0 radical (unpaired) electrons. The first-order valence-electron chi connectivity index (χ1n) is 5.32. The first kappa shape index (κ1) is 14.2. The minimum absolute atomic E-state index is 0.356. The van der Waals surface area contributed by atoms with Gasteiger partial charge in [-0.1, -0.05) is 11.6 Å².